The number of aryl methyl sites for hydroxylation is 1. The second-order valence-electron chi connectivity index (χ2n) is 5.16. The number of aliphatic hydroxyl groups is 1. The van der Waals surface area contributed by atoms with Crippen molar-refractivity contribution in [3.05, 3.63) is 42.0 Å². The average Bonchev–Trinajstić information content (AvgIpc) is 2.72. The third-order valence-electron chi connectivity index (χ3n) is 3.55. The third-order valence-corrected chi connectivity index (χ3v) is 5.39. The van der Waals surface area contributed by atoms with Gasteiger partial charge in [0.25, 0.3) is 0 Å². The first-order valence-electron chi connectivity index (χ1n) is 6.22. The minimum Gasteiger partial charge on any atom is -0.391 e. The van der Waals surface area contributed by atoms with E-state index in [4.69, 9.17) is 0 Å². The predicted octanol–water partition coefficient (Wildman–Crippen LogP) is 1.55. The molecule has 1 heterocycles. The minimum absolute atomic E-state index is 0.133. The van der Waals surface area contributed by atoms with Crippen LogP contribution in [0.5, 0.6) is 0 Å². The van der Waals surface area contributed by atoms with Crippen molar-refractivity contribution < 1.29 is 13.5 Å². The topological polar surface area (TPSA) is 57.6 Å². The molecule has 104 valence electrons. The molecular weight excluding hydrogens is 262 g/mol. The number of nitrogens with zero attached hydrogens (tertiary/aromatic N) is 1. The van der Waals surface area contributed by atoms with Gasteiger partial charge in [-0.25, -0.2) is 8.42 Å². The fourth-order valence-electron chi connectivity index (χ4n) is 2.29. The van der Waals surface area contributed by atoms with E-state index in [2.05, 4.69) is 6.58 Å². The van der Waals surface area contributed by atoms with E-state index in [1.807, 2.05) is 13.8 Å². The Hall–Kier alpha value is -1.17. The number of benzene rings is 1. The SMILES string of the molecule is C=C(C)C1CN(S(=O)(=O)c2ccc(C)cc2)CC1O. The van der Waals surface area contributed by atoms with Crippen LogP contribution in [0.3, 0.4) is 0 Å². The Morgan fingerprint density at radius 1 is 1.32 bits per heavy atom. The van der Waals surface area contributed by atoms with Crippen LogP contribution in [0.4, 0.5) is 0 Å². The predicted molar refractivity (Wildman–Crippen MR) is 74.2 cm³/mol. The zero-order valence-electron chi connectivity index (χ0n) is 11.2. The first-order valence-corrected chi connectivity index (χ1v) is 7.66. The van der Waals surface area contributed by atoms with Crippen molar-refractivity contribution in [1.82, 2.24) is 4.31 Å². The van der Waals surface area contributed by atoms with Crippen molar-refractivity contribution in [3.8, 4) is 0 Å². The van der Waals surface area contributed by atoms with Gasteiger partial charge in [-0.15, -0.1) is 0 Å². The number of sulfonamides is 1. The van der Waals surface area contributed by atoms with Crippen LogP contribution in [0, 0.1) is 12.8 Å². The van der Waals surface area contributed by atoms with Gasteiger partial charge in [0.15, 0.2) is 0 Å². The fraction of sp³-hybridized carbons (Fsp3) is 0.429. The monoisotopic (exact) mass is 281 g/mol. The average molecular weight is 281 g/mol. The maximum atomic E-state index is 12.4. The van der Waals surface area contributed by atoms with Gasteiger partial charge in [-0.2, -0.15) is 4.31 Å². The van der Waals surface area contributed by atoms with Crippen LogP contribution >= 0.6 is 0 Å². The molecule has 0 aromatic heterocycles. The lowest BCUT2D eigenvalue weighted by molar-refractivity contribution is 0.160. The highest BCUT2D eigenvalue weighted by Gasteiger charge is 2.38. The summed E-state index contributed by atoms with van der Waals surface area (Å²) in [6.45, 7) is 7.96. The number of β-amino-alcohol motifs (C(OH)–C–C–N with tert-alkyl or cyclic N) is 1. The molecule has 0 amide bonds. The molecule has 0 spiro atoms. The Labute approximate surface area is 114 Å². The molecular formula is C14H19NO3S. The summed E-state index contributed by atoms with van der Waals surface area (Å²) in [7, 11) is -3.52. The number of aliphatic hydroxyl groups excluding tert-OH is 1. The highest BCUT2D eigenvalue weighted by Crippen LogP contribution is 2.28. The lowest BCUT2D eigenvalue weighted by Gasteiger charge is -2.16. The molecule has 0 radical (unpaired) electrons. The summed E-state index contributed by atoms with van der Waals surface area (Å²) in [4.78, 5) is 0.271. The highest BCUT2D eigenvalue weighted by molar-refractivity contribution is 7.89. The molecule has 4 nitrogen and oxygen atoms in total. The summed E-state index contributed by atoms with van der Waals surface area (Å²) in [6.07, 6.45) is -0.669. The summed E-state index contributed by atoms with van der Waals surface area (Å²) in [6, 6.07) is 6.75. The molecule has 1 aliphatic heterocycles. The van der Waals surface area contributed by atoms with E-state index < -0.39 is 16.1 Å². The molecule has 1 aliphatic rings. The molecule has 1 aromatic carbocycles. The normalized spacial score (nSPS) is 24.6. The van der Waals surface area contributed by atoms with Gasteiger partial charge in [-0.3, -0.25) is 0 Å². The van der Waals surface area contributed by atoms with Crippen LogP contribution in [0.25, 0.3) is 0 Å². The van der Waals surface area contributed by atoms with Gasteiger partial charge in [0.2, 0.25) is 10.0 Å². The molecule has 2 atom stereocenters. The van der Waals surface area contributed by atoms with Gasteiger partial charge in [-0.05, 0) is 26.0 Å². The molecule has 0 saturated carbocycles. The lowest BCUT2D eigenvalue weighted by atomic mass is 9.99. The molecule has 1 aromatic rings. The van der Waals surface area contributed by atoms with Gasteiger partial charge >= 0.3 is 0 Å². The Morgan fingerprint density at radius 2 is 1.89 bits per heavy atom. The quantitative estimate of drug-likeness (QED) is 0.855. The van der Waals surface area contributed by atoms with Crippen LogP contribution in [-0.4, -0.2) is 37.0 Å². The van der Waals surface area contributed by atoms with Crippen molar-refractivity contribution in [2.45, 2.75) is 24.8 Å². The number of hydrogen-bond acceptors (Lipinski definition) is 3. The van der Waals surface area contributed by atoms with Crippen LogP contribution in [-0.2, 0) is 10.0 Å². The van der Waals surface area contributed by atoms with E-state index in [-0.39, 0.29) is 17.4 Å². The Morgan fingerprint density at radius 3 is 2.37 bits per heavy atom. The minimum atomic E-state index is -3.52. The van der Waals surface area contributed by atoms with E-state index >= 15 is 0 Å². The summed E-state index contributed by atoms with van der Waals surface area (Å²) in [5, 5.41) is 9.92. The van der Waals surface area contributed by atoms with Gasteiger partial charge in [-0.1, -0.05) is 29.8 Å². The van der Waals surface area contributed by atoms with Crippen molar-refractivity contribution in [3.63, 3.8) is 0 Å². The van der Waals surface area contributed by atoms with E-state index in [1.165, 1.54) is 4.31 Å². The van der Waals surface area contributed by atoms with E-state index in [0.717, 1.165) is 11.1 Å². The molecule has 0 aliphatic carbocycles. The Bertz CT molecular complexity index is 577. The maximum absolute atomic E-state index is 12.4. The molecule has 0 bridgehead atoms. The molecule has 19 heavy (non-hydrogen) atoms. The Kier molecular flexibility index (Phi) is 3.80. The highest BCUT2D eigenvalue weighted by atomic mass is 32.2. The second-order valence-corrected chi connectivity index (χ2v) is 7.09. The van der Waals surface area contributed by atoms with Crippen molar-refractivity contribution >= 4 is 10.0 Å². The van der Waals surface area contributed by atoms with Gasteiger partial charge in [0, 0.05) is 19.0 Å². The maximum Gasteiger partial charge on any atom is 0.243 e. The van der Waals surface area contributed by atoms with Crippen LogP contribution < -0.4 is 0 Å². The summed E-state index contributed by atoms with van der Waals surface area (Å²) >= 11 is 0. The molecule has 2 rings (SSSR count). The van der Waals surface area contributed by atoms with E-state index in [9.17, 15) is 13.5 Å². The number of rotatable bonds is 3. The van der Waals surface area contributed by atoms with Gasteiger partial charge < -0.3 is 5.11 Å². The standard InChI is InChI=1S/C14H19NO3S/c1-10(2)13-8-15(9-14(13)16)19(17,18)12-6-4-11(3)5-7-12/h4-7,13-14,16H,1,8-9H2,2-3H3. The summed E-state index contributed by atoms with van der Waals surface area (Å²) < 4.78 is 26.2. The zero-order chi connectivity index (χ0) is 14.2. The Balaban J connectivity index is 2.27. The van der Waals surface area contributed by atoms with Crippen molar-refractivity contribution in [2.24, 2.45) is 5.92 Å². The van der Waals surface area contributed by atoms with Crippen LogP contribution in [0.15, 0.2) is 41.3 Å². The fourth-order valence-corrected chi connectivity index (χ4v) is 3.78. The van der Waals surface area contributed by atoms with Gasteiger partial charge in [0.05, 0.1) is 11.0 Å². The first-order chi connectivity index (χ1) is 8.82. The summed E-state index contributed by atoms with van der Waals surface area (Å²) in [5.41, 5.74) is 1.83. The van der Waals surface area contributed by atoms with Crippen LogP contribution in [0.1, 0.15) is 12.5 Å². The molecule has 5 heteroatoms. The molecule has 2 unspecified atom stereocenters. The molecule has 1 N–H and O–H groups in total. The number of hydrogen-bond donors (Lipinski definition) is 1. The van der Waals surface area contributed by atoms with Crippen molar-refractivity contribution in [2.75, 3.05) is 13.1 Å². The van der Waals surface area contributed by atoms with E-state index in [0.29, 0.717) is 6.54 Å². The second kappa shape index (κ2) is 5.07. The summed E-state index contributed by atoms with van der Waals surface area (Å²) in [5.74, 6) is -0.180. The molecule has 1 saturated heterocycles. The zero-order valence-corrected chi connectivity index (χ0v) is 12.0. The van der Waals surface area contributed by atoms with Crippen molar-refractivity contribution in [1.29, 1.82) is 0 Å². The lowest BCUT2D eigenvalue weighted by Crippen LogP contribution is -2.29. The van der Waals surface area contributed by atoms with Crippen LogP contribution in [0.2, 0.25) is 0 Å². The first kappa shape index (κ1) is 14.2. The smallest absolute Gasteiger partial charge is 0.243 e. The molecule has 1 fully saturated rings. The van der Waals surface area contributed by atoms with E-state index in [1.54, 1.807) is 24.3 Å². The van der Waals surface area contributed by atoms with Gasteiger partial charge in [0.1, 0.15) is 0 Å². The largest absolute Gasteiger partial charge is 0.391 e. The third kappa shape index (κ3) is 2.73.